The highest BCUT2D eigenvalue weighted by Gasteiger charge is 2.54. The van der Waals surface area contributed by atoms with Crippen molar-refractivity contribution in [2.24, 2.45) is 0 Å². The molecule has 0 saturated carbocycles. The molecule has 47 heavy (non-hydrogen) atoms. The first-order valence-corrected chi connectivity index (χ1v) is 19.8. The summed E-state index contributed by atoms with van der Waals surface area (Å²) < 4.78 is 79.4. The van der Waals surface area contributed by atoms with Crippen molar-refractivity contribution in [1.82, 2.24) is 29.1 Å². The molecular weight excluding hydrogens is 774 g/mol. The number of ether oxygens (including phenoxy) is 2. The molecule has 4 N–H and O–H groups in total. The van der Waals surface area contributed by atoms with Crippen molar-refractivity contribution >= 4 is 101 Å². The normalized spacial score (nSPS) is 36.7. The standard InChI is InChI=1S/C22H21Cl3FN7O10P2S2/c23-6-1-8-9(2-7(6)24)33(21(25)29-8)20-16-14(34)10(40-20)3-38-44(36,46)42-15-11(4-39-45(37,47)43-16)41-19(12(15)26)32-5-28-13-17(32)30-22(27)31-18(13)35/h1-2,5,10-12,14-16,19-20,34H,3-4H2,(H,36,46)(H,37,47)(H3,27,30,31,35)/t10-,11-,12?,14?,15?,16?,19-,20-,44?,45?/m1/s1. The number of fused-ring (bicyclic) bond motifs is 5. The van der Waals surface area contributed by atoms with Crippen LogP contribution in [0.3, 0.4) is 0 Å². The van der Waals surface area contributed by atoms with Gasteiger partial charge in [0, 0.05) is 0 Å². The fraction of sp³-hybridized carbons (Fsp3) is 0.455. The van der Waals surface area contributed by atoms with E-state index in [1.54, 1.807) is 0 Å². The molecule has 4 aromatic rings. The van der Waals surface area contributed by atoms with E-state index in [0.717, 1.165) is 10.9 Å². The van der Waals surface area contributed by atoms with Crippen molar-refractivity contribution in [1.29, 1.82) is 0 Å². The van der Waals surface area contributed by atoms with Crippen LogP contribution in [0.5, 0.6) is 0 Å². The number of hydrogen-bond acceptors (Lipinski definition) is 14. The van der Waals surface area contributed by atoms with Crippen LogP contribution in [0.1, 0.15) is 12.5 Å². The molecule has 2 bridgehead atoms. The summed E-state index contributed by atoms with van der Waals surface area (Å²) in [6.45, 7) is -10.2. The Morgan fingerprint density at radius 2 is 1.64 bits per heavy atom. The van der Waals surface area contributed by atoms with E-state index in [-0.39, 0.29) is 32.4 Å². The fourth-order valence-electron chi connectivity index (χ4n) is 5.49. The summed E-state index contributed by atoms with van der Waals surface area (Å²) in [5.74, 6) is -0.268. The van der Waals surface area contributed by atoms with Crippen molar-refractivity contribution in [3.8, 4) is 0 Å². The third-order valence-corrected chi connectivity index (χ3v) is 11.8. The molecule has 1 aromatic carbocycles. The largest absolute Gasteiger partial charge is 0.387 e. The summed E-state index contributed by atoms with van der Waals surface area (Å²) in [6, 6.07) is 2.90. The van der Waals surface area contributed by atoms with Crippen LogP contribution in [-0.4, -0.2) is 84.1 Å². The highest BCUT2D eigenvalue weighted by molar-refractivity contribution is 8.44. The van der Waals surface area contributed by atoms with Crippen molar-refractivity contribution < 1.29 is 46.2 Å². The van der Waals surface area contributed by atoms with Gasteiger partial charge >= 0.3 is 13.6 Å². The van der Waals surface area contributed by atoms with E-state index in [2.05, 4.69) is 44.4 Å². The van der Waals surface area contributed by atoms with E-state index >= 15 is 4.39 Å². The predicted molar refractivity (Wildman–Crippen MR) is 171 cm³/mol. The maximum Gasteiger partial charge on any atom is 0.386 e. The number of halogens is 4. The van der Waals surface area contributed by atoms with Gasteiger partial charge in [-0.3, -0.25) is 37.0 Å². The van der Waals surface area contributed by atoms with Gasteiger partial charge in [-0.15, -0.1) is 0 Å². The average molecular weight is 795 g/mol. The summed E-state index contributed by atoms with van der Waals surface area (Å²) in [5, 5.41) is 11.4. The number of benzene rings is 1. The second kappa shape index (κ2) is 12.4. The van der Waals surface area contributed by atoms with Crippen molar-refractivity contribution in [2.45, 2.75) is 49.1 Å². The molecule has 6 unspecified atom stereocenters. The Morgan fingerprint density at radius 3 is 2.36 bits per heavy atom. The molecule has 17 nitrogen and oxygen atoms in total. The number of aromatic amines is 1. The van der Waals surface area contributed by atoms with Gasteiger partial charge in [-0.25, -0.2) is 23.5 Å². The molecule has 254 valence electrons. The van der Waals surface area contributed by atoms with Gasteiger partial charge in [-0.1, -0.05) is 47.7 Å². The molecule has 0 amide bonds. The lowest BCUT2D eigenvalue weighted by molar-refractivity contribution is -0.0566. The number of aliphatic hydroxyl groups excluding tert-OH is 1. The van der Waals surface area contributed by atoms with Crippen molar-refractivity contribution in [3.63, 3.8) is 0 Å². The van der Waals surface area contributed by atoms with E-state index in [9.17, 15) is 19.0 Å². The number of aliphatic hydroxyl groups is 1. The van der Waals surface area contributed by atoms with Gasteiger partial charge in [0.25, 0.3) is 5.56 Å². The van der Waals surface area contributed by atoms with E-state index in [4.69, 9.17) is 68.1 Å². The molecular formula is C22H21Cl3FN7O10P2S2. The first-order chi connectivity index (χ1) is 22.1. The van der Waals surface area contributed by atoms with Gasteiger partial charge in [0.15, 0.2) is 29.8 Å². The molecule has 6 heterocycles. The first kappa shape index (κ1) is 34.0. The fourth-order valence-corrected chi connectivity index (χ4v) is 9.03. The topological polar surface area (TPSA) is 217 Å². The minimum Gasteiger partial charge on any atom is -0.387 e. The zero-order valence-corrected chi connectivity index (χ0v) is 28.8. The van der Waals surface area contributed by atoms with Gasteiger partial charge in [0.2, 0.25) is 11.2 Å². The van der Waals surface area contributed by atoms with Crippen LogP contribution in [0.25, 0.3) is 22.2 Å². The summed E-state index contributed by atoms with van der Waals surface area (Å²) in [5.41, 5.74) is 5.31. The third-order valence-electron chi connectivity index (χ3n) is 7.56. The van der Waals surface area contributed by atoms with Gasteiger partial charge in [0.1, 0.15) is 30.5 Å². The molecule has 3 aromatic heterocycles. The maximum absolute atomic E-state index is 16.1. The minimum absolute atomic E-state index is 0.120. The van der Waals surface area contributed by atoms with Crippen LogP contribution < -0.4 is 11.3 Å². The second-order valence-electron chi connectivity index (χ2n) is 10.5. The highest BCUT2D eigenvalue weighted by atomic mass is 35.5. The Labute approximate surface area is 287 Å². The average Bonchev–Trinajstić information content (AvgIpc) is 3.70. The number of alkyl halides is 1. The smallest absolute Gasteiger partial charge is 0.386 e. The molecule has 0 spiro atoms. The number of nitrogen functional groups attached to an aromatic ring is 1. The summed E-state index contributed by atoms with van der Waals surface area (Å²) in [6.07, 6.45) is -11.5. The Kier molecular flexibility index (Phi) is 8.96. The lowest BCUT2D eigenvalue weighted by Crippen LogP contribution is -2.35. The quantitative estimate of drug-likeness (QED) is 0.143. The predicted octanol–water partition coefficient (Wildman–Crippen LogP) is 4.10. The number of H-pyrrole nitrogens is 1. The molecule has 0 aliphatic carbocycles. The summed E-state index contributed by atoms with van der Waals surface area (Å²) in [4.78, 5) is 26.7. The molecule has 3 saturated heterocycles. The van der Waals surface area contributed by atoms with E-state index in [1.807, 2.05) is 0 Å². The number of thiol groups is 2. The molecule has 0 radical (unpaired) electrons. The molecule has 3 fully saturated rings. The van der Waals surface area contributed by atoms with Crippen molar-refractivity contribution in [2.75, 3.05) is 18.9 Å². The third kappa shape index (κ3) is 6.25. The van der Waals surface area contributed by atoms with Gasteiger partial charge in [0.05, 0.1) is 40.6 Å². The van der Waals surface area contributed by atoms with Crippen molar-refractivity contribution in [3.05, 3.63) is 44.1 Å². The lowest BCUT2D eigenvalue weighted by Gasteiger charge is -2.26. The highest BCUT2D eigenvalue weighted by Crippen LogP contribution is 2.60. The molecule has 3 aliphatic heterocycles. The van der Waals surface area contributed by atoms with Crippen LogP contribution in [0, 0.1) is 0 Å². The number of anilines is 1. The summed E-state index contributed by atoms with van der Waals surface area (Å²) >= 11 is 26.9. The van der Waals surface area contributed by atoms with Crippen LogP contribution in [0.15, 0.2) is 23.3 Å². The maximum atomic E-state index is 16.1. The Morgan fingerprint density at radius 1 is 1.00 bits per heavy atom. The van der Waals surface area contributed by atoms with Gasteiger partial charge in [-0.2, -0.15) is 4.98 Å². The van der Waals surface area contributed by atoms with Gasteiger partial charge < -0.3 is 20.3 Å². The second-order valence-corrected chi connectivity index (χ2v) is 17.4. The van der Waals surface area contributed by atoms with E-state index in [1.165, 1.54) is 16.7 Å². The van der Waals surface area contributed by atoms with Crippen LogP contribution >= 0.6 is 72.9 Å². The number of nitrogens with zero attached hydrogens (tertiary/aromatic N) is 5. The van der Waals surface area contributed by atoms with Gasteiger partial charge in [-0.05, 0) is 23.7 Å². The number of hydrogen-bond donors (Lipinski definition) is 5. The Bertz CT molecular complexity index is 2060. The Hall–Kier alpha value is -1.48. The lowest BCUT2D eigenvalue weighted by atomic mass is 10.1. The summed E-state index contributed by atoms with van der Waals surface area (Å²) in [7, 11) is 0. The minimum atomic E-state index is -4.45. The number of nitrogens with one attached hydrogen (secondary N) is 1. The number of rotatable bonds is 2. The zero-order chi connectivity index (χ0) is 33.6. The number of nitrogens with two attached hydrogens (primary N) is 1. The zero-order valence-electron chi connectivity index (χ0n) is 23.0. The Balaban J connectivity index is 1.22. The van der Waals surface area contributed by atoms with Crippen LogP contribution in [-0.2, 0) is 36.7 Å². The number of imidazole rings is 2. The number of aromatic nitrogens is 6. The van der Waals surface area contributed by atoms with Crippen LogP contribution in [0.2, 0.25) is 15.3 Å². The molecule has 7 rings (SSSR count). The first-order valence-electron chi connectivity index (χ1n) is 13.3. The SMILES string of the molecule is Nc1nc2c(ncn2[C@@H]2O[C@@H]3COP(=O)(S)OC4C(O)[C@@H](COP(=O)(S)OC3C2F)O[C@H]4n2c(Cl)nc3cc(Cl)c(Cl)cc32)c(=O)[nH]1. The molecule has 25 heteroatoms. The van der Waals surface area contributed by atoms with E-state index in [0.29, 0.717) is 11.0 Å². The van der Waals surface area contributed by atoms with E-state index < -0.39 is 81.5 Å². The molecule has 3 aliphatic rings. The molecule has 10 atom stereocenters. The monoisotopic (exact) mass is 793 g/mol. The van der Waals surface area contributed by atoms with Crippen LogP contribution in [0.4, 0.5) is 10.3 Å².